The van der Waals surface area contributed by atoms with Crippen LogP contribution in [0.25, 0.3) is 0 Å². The molecule has 1 saturated heterocycles. The first-order valence-electron chi connectivity index (χ1n) is 13.0. The maximum absolute atomic E-state index is 13.7. The summed E-state index contributed by atoms with van der Waals surface area (Å²) in [6.07, 6.45) is -0.321. The molecule has 4 rings (SSSR count). The summed E-state index contributed by atoms with van der Waals surface area (Å²) >= 11 is 0. The Labute approximate surface area is 219 Å². The molecule has 2 heterocycles. The third-order valence-corrected chi connectivity index (χ3v) is 6.78. The molecule has 38 heavy (non-hydrogen) atoms. The lowest BCUT2D eigenvalue weighted by atomic mass is 10.0. The smallest absolute Gasteiger partial charge is 0.366 e. The molecule has 1 saturated carbocycles. The molecule has 2 aliphatic rings. The maximum atomic E-state index is 13.7. The topological polar surface area (TPSA) is 120 Å². The quantitative estimate of drug-likeness (QED) is 0.350. The highest BCUT2D eigenvalue weighted by Crippen LogP contribution is 2.36. The van der Waals surface area contributed by atoms with E-state index in [-0.39, 0.29) is 35.7 Å². The molecular formula is C26H34F3N7O2. The number of nitrogens with one attached hydrogen (secondary N) is 5. The molecule has 0 bridgehead atoms. The zero-order valence-corrected chi connectivity index (χ0v) is 21.5. The molecule has 1 aliphatic carbocycles. The summed E-state index contributed by atoms with van der Waals surface area (Å²) < 4.78 is 41.2. The predicted molar refractivity (Wildman–Crippen MR) is 138 cm³/mol. The van der Waals surface area contributed by atoms with E-state index in [1.807, 2.05) is 13.8 Å². The fourth-order valence-electron chi connectivity index (χ4n) is 4.84. The van der Waals surface area contributed by atoms with Crippen molar-refractivity contribution in [1.29, 1.82) is 0 Å². The Bertz CT molecular complexity index is 1120. The minimum absolute atomic E-state index is 0.0337. The molecule has 9 nitrogen and oxygen atoms in total. The molecule has 5 N–H and O–H groups in total. The molecule has 1 aliphatic heterocycles. The molecule has 1 aromatic carbocycles. The highest BCUT2D eigenvalue weighted by Gasteiger charge is 2.39. The number of nitrogens with zero attached hydrogens (tertiary/aromatic N) is 2. The van der Waals surface area contributed by atoms with Crippen molar-refractivity contribution < 1.29 is 22.8 Å². The average molecular weight is 534 g/mol. The van der Waals surface area contributed by atoms with Crippen LogP contribution in [0.2, 0.25) is 0 Å². The summed E-state index contributed by atoms with van der Waals surface area (Å²) in [7, 11) is 0. The number of halogens is 3. The van der Waals surface area contributed by atoms with Crippen LogP contribution in [-0.4, -0.2) is 53.0 Å². The Kier molecular flexibility index (Phi) is 8.70. The third-order valence-electron chi connectivity index (χ3n) is 6.78. The molecule has 0 spiro atoms. The van der Waals surface area contributed by atoms with Gasteiger partial charge in [-0.1, -0.05) is 6.42 Å². The molecule has 2 amide bonds. The van der Waals surface area contributed by atoms with Gasteiger partial charge < -0.3 is 26.6 Å². The second-order valence-electron chi connectivity index (χ2n) is 10.1. The summed E-state index contributed by atoms with van der Waals surface area (Å²) in [6, 6.07) is 6.16. The number of amides is 2. The van der Waals surface area contributed by atoms with Crippen LogP contribution in [0, 0.1) is 5.92 Å². The van der Waals surface area contributed by atoms with Gasteiger partial charge in [-0.3, -0.25) is 9.59 Å². The largest absolute Gasteiger partial charge is 0.421 e. The number of anilines is 3. The summed E-state index contributed by atoms with van der Waals surface area (Å²) in [6.45, 7) is 5.41. The fraction of sp³-hybridized carbons (Fsp3) is 0.538. The molecular weight excluding hydrogens is 499 g/mol. The lowest BCUT2D eigenvalue weighted by Crippen LogP contribution is -2.42. The number of hydrogen-bond donors (Lipinski definition) is 5. The van der Waals surface area contributed by atoms with Gasteiger partial charge in [0.05, 0.1) is 5.92 Å². The standard InChI is InChI=1S/C26H34F3N7O2/c1-15(2)32-24(38)19-4-3-5-21(19)35-22-20(26(27,28)29)14-31-25(36-22)34-17-8-6-16(7-9-17)23(37)33-18-10-12-30-13-11-18/h6-9,14-15,18-19,21,30H,3-5,10-13H2,1-2H3,(H,32,38)(H,33,37)(H2,31,34,35,36)/t19-,21+/m0/s1. The first kappa shape index (κ1) is 27.6. The zero-order chi connectivity index (χ0) is 27.3. The Balaban J connectivity index is 1.47. The van der Waals surface area contributed by atoms with Crippen molar-refractivity contribution in [2.24, 2.45) is 5.92 Å². The maximum Gasteiger partial charge on any atom is 0.421 e. The van der Waals surface area contributed by atoms with Crippen LogP contribution < -0.4 is 26.6 Å². The van der Waals surface area contributed by atoms with Gasteiger partial charge in [0.15, 0.2) is 0 Å². The van der Waals surface area contributed by atoms with Crippen molar-refractivity contribution in [3.05, 3.63) is 41.6 Å². The number of carbonyl (C=O) groups excluding carboxylic acids is 2. The van der Waals surface area contributed by atoms with Gasteiger partial charge in [0.1, 0.15) is 11.4 Å². The van der Waals surface area contributed by atoms with E-state index in [1.165, 1.54) is 0 Å². The number of rotatable bonds is 8. The minimum Gasteiger partial charge on any atom is -0.366 e. The SMILES string of the molecule is CC(C)NC(=O)[C@H]1CCC[C@H]1Nc1nc(Nc2ccc(C(=O)NC3CCNCC3)cc2)ncc1C(F)(F)F. The number of carbonyl (C=O) groups is 2. The van der Waals surface area contributed by atoms with E-state index >= 15 is 0 Å². The lowest BCUT2D eigenvalue weighted by Gasteiger charge is -2.24. The second-order valence-corrected chi connectivity index (χ2v) is 10.1. The number of piperidine rings is 1. The van der Waals surface area contributed by atoms with Crippen molar-refractivity contribution >= 4 is 29.3 Å². The van der Waals surface area contributed by atoms with Crippen LogP contribution in [0.4, 0.5) is 30.6 Å². The predicted octanol–water partition coefficient (Wildman–Crippen LogP) is 3.83. The van der Waals surface area contributed by atoms with E-state index in [9.17, 15) is 22.8 Å². The Morgan fingerprint density at radius 2 is 1.76 bits per heavy atom. The van der Waals surface area contributed by atoms with Crippen LogP contribution >= 0.6 is 0 Å². The van der Waals surface area contributed by atoms with Gasteiger partial charge in [0.2, 0.25) is 11.9 Å². The zero-order valence-electron chi connectivity index (χ0n) is 21.5. The van der Waals surface area contributed by atoms with E-state index in [1.54, 1.807) is 24.3 Å². The normalized spacial score (nSPS) is 20.3. The second kappa shape index (κ2) is 12.0. The van der Waals surface area contributed by atoms with Crippen molar-refractivity contribution in [2.75, 3.05) is 23.7 Å². The van der Waals surface area contributed by atoms with Crippen LogP contribution in [0.3, 0.4) is 0 Å². The average Bonchev–Trinajstić information content (AvgIpc) is 3.32. The summed E-state index contributed by atoms with van der Waals surface area (Å²) in [5, 5.41) is 14.9. The van der Waals surface area contributed by atoms with Gasteiger partial charge in [0, 0.05) is 35.6 Å². The van der Waals surface area contributed by atoms with Gasteiger partial charge >= 0.3 is 6.18 Å². The van der Waals surface area contributed by atoms with Gasteiger partial charge in [-0.2, -0.15) is 18.2 Å². The molecule has 0 radical (unpaired) electrons. The van der Waals surface area contributed by atoms with Crippen molar-refractivity contribution in [1.82, 2.24) is 25.9 Å². The molecule has 2 atom stereocenters. The van der Waals surface area contributed by atoms with Crippen molar-refractivity contribution in [3.8, 4) is 0 Å². The van der Waals surface area contributed by atoms with Gasteiger partial charge in [-0.15, -0.1) is 0 Å². The van der Waals surface area contributed by atoms with Gasteiger partial charge in [-0.25, -0.2) is 4.98 Å². The summed E-state index contributed by atoms with van der Waals surface area (Å²) in [5.41, 5.74) is 0.00352. The van der Waals surface area contributed by atoms with E-state index in [0.717, 1.165) is 38.5 Å². The third kappa shape index (κ3) is 7.12. The molecule has 2 aromatic rings. The molecule has 1 aromatic heterocycles. The highest BCUT2D eigenvalue weighted by molar-refractivity contribution is 5.94. The van der Waals surface area contributed by atoms with E-state index in [0.29, 0.717) is 24.1 Å². The van der Waals surface area contributed by atoms with Gasteiger partial charge in [0.25, 0.3) is 5.91 Å². The van der Waals surface area contributed by atoms with Crippen LogP contribution in [0.15, 0.2) is 30.5 Å². The minimum atomic E-state index is -4.67. The monoisotopic (exact) mass is 533 g/mol. The molecule has 206 valence electrons. The number of hydrogen-bond acceptors (Lipinski definition) is 7. The van der Waals surface area contributed by atoms with Crippen LogP contribution in [0.1, 0.15) is 61.9 Å². The molecule has 12 heteroatoms. The van der Waals surface area contributed by atoms with E-state index < -0.39 is 23.7 Å². The summed E-state index contributed by atoms with van der Waals surface area (Å²) in [4.78, 5) is 33.1. The Morgan fingerprint density at radius 3 is 2.42 bits per heavy atom. The van der Waals surface area contributed by atoms with Gasteiger partial charge in [-0.05, 0) is 76.9 Å². The first-order chi connectivity index (χ1) is 18.1. The molecule has 2 fully saturated rings. The number of benzene rings is 1. The Morgan fingerprint density at radius 1 is 1.05 bits per heavy atom. The van der Waals surface area contributed by atoms with E-state index in [2.05, 4.69) is 36.6 Å². The van der Waals surface area contributed by atoms with Crippen molar-refractivity contribution in [3.63, 3.8) is 0 Å². The lowest BCUT2D eigenvalue weighted by molar-refractivity contribution is -0.137. The van der Waals surface area contributed by atoms with E-state index in [4.69, 9.17) is 0 Å². The first-order valence-corrected chi connectivity index (χ1v) is 13.0. The van der Waals surface area contributed by atoms with Crippen LogP contribution in [-0.2, 0) is 11.0 Å². The van der Waals surface area contributed by atoms with Crippen LogP contribution in [0.5, 0.6) is 0 Å². The number of aromatic nitrogens is 2. The number of alkyl halides is 3. The highest BCUT2D eigenvalue weighted by atomic mass is 19.4. The van der Waals surface area contributed by atoms with Crippen molar-refractivity contribution in [2.45, 2.75) is 70.3 Å². The fourth-order valence-corrected chi connectivity index (χ4v) is 4.84. The molecule has 0 unspecified atom stereocenters. The Hall–Kier alpha value is -3.41. The summed E-state index contributed by atoms with van der Waals surface area (Å²) in [5.74, 6) is -1.21.